The largest absolute Gasteiger partial charge is 0.305 e. The lowest BCUT2D eigenvalue weighted by atomic mass is 10.2. The first kappa shape index (κ1) is 17.7. The number of nitrogens with one attached hydrogen (secondary N) is 1. The third-order valence-corrected chi connectivity index (χ3v) is 4.34. The zero-order valence-electron chi connectivity index (χ0n) is 15.7. The summed E-state index contributed by atoms with van der Waals surface area (Å²) in [5.74, 6) is 0.295. The zero-order valence-corrected chi connectivity index (χ0v) is 15.7. The molecule has 0 bridgehead atoms. The van der Waals surface area contributed by atoms with Gasteiger partial charge in [0.1, 0.15) is 5.82 Å². The summed E-state index contributed by atoms with van der Waals surface area (Å²) in [6.07, 6.45) is 1.62. The van der Waals surface area contributed by atoms with E-state index in [4.69, 9.17) is 0 Å². The molecule has 0 aliphatic heterocycles. The number of nitrogens with zero attached hydrogens (tertiary/aromatic N) is 5. The van der Waals surface area contributed by atoms with E-state index >= 15 is 0 Å². The molecule has 0 aliphatic rings. The third kappa shape index (κ3) is 3.83. The van der Waals surface area contributed by atoms with Crippen LogP contribution in [0, 0.1) is 13.8 Å². The zero-order chi connectivity index (χ0) is 19.5. The van der Waals surface area contributed by atoms with Gasteiger partial charge in [-0.2, -0.15) is 5.10 Å². The first-order valence-electron chi connectivity index (χ1n) is 8.97. The molecule has 0 atom stereocenters. The normalized spacial score (nSPS) is 10.8. The number of aryl methyl sites for hydroxylation is 2. The average molecular weight is 372 g/mol. The Morgan fingerprint density at radius 1 is 1.04 bits per heavy atom. The molecule has 28 heavy (non-hydrogen) atoms. The molecule has 0 saturated heterocycles. The maximum absolute atomic E-state index is 12.7. The van der Waals surface area contributed by atoms with Crippen LogP contribution in [0.4, 0.5) is 5.82 Å². The van der Waals surface area contributed by atoms with Crippen LogP contribution in [0.5, 0.6) is 0 Å². The molecule has 4 rings (SSSR count). The van der Waals surface area contributed by atoms with Crippen LogP contribution >= 0.6 is 0 Å². The van der Waals surface area contributed by atoms with Crippen molar-refractivity contribution < 1.29 is 4.79 Å². The summed E-state index contributed by atoms with van der Waals surface area (Å²) in [4.78, 5) is 12.7. The van der Waals surface area contributed by atoms with Crippen molar-refractivity contribution in [2.24, 2.45) is 0 Å². The van der Waals surface area contributed by atoms with Crippen molar-refractivity contribution >= 4 is 11.7 Å². The Balaban J connectivity index is 1.52. The van der Waals surface area contributed by atoms with Crippen LogP contribution in [0.2, 0.25) is 0 Å². The van der Waals surface area contributed by atoms with Gasteiger partial charge in [0.2, 0.25) is 0 Å². The van der Waals surface area contributed by atoms with Crippen LogP contribution in [-0.4, -0.2) is 30.7 Å². The Bertz CT molecular complexity index is 1100. The topological polar surface area (TPSA) is 77.6 Å². The fourth-order valence-corrected chi connectivity index (χ4v) is 2.89. The molecule has 0 fully saturated rings. The summed E-state index contributed by atoms with van der Waals surface area (Å²) in [5.41, 5.74) is 4.18. The summed E-state index contributed by atoms with van der Waals surface area (Å²) in [6, 6.07) is 19.7. The summed E-state index contributed by atoms with van der Waals surface area (Å²) in [6.45, 7) is 4.48. The minimum Gasteiger partial charge on any atom is -0.305 e. The molecule has 140 valence electrons. The molecule has 1 N–H and O–H groups in total. The van der Waals surface area contributed by atoms with Gasteiger partial charge in [-0.1, -0.05) is 53.2 Å². The maximum Gasteiger partial charge on any atom is 0.279 e. The molecule has 1 amide bonds. The van der Waals surface area contributed by atoms with E-state index in [2.05, 4.69) is 20.7 Å². The Kier molecular flexibility index (Phi) is 4.72. The number of benzene rings is 2. The standard InChI is InChI=1S/C21H20N6O/c1-15-8-10-18(11-9-15)26-14-19(23-25-26)21(28)22-20-12-16(2)24-27(20)13-17-6-4-3-5-7-17/h3-12,14H,13H2,1-2H3,(H,22,28). The van der Waals surface area contributed by atoms with Gasteiger partial charge in [-0.05, 0) is 31.5 Å². The summed E-state index contributed by atoms with van der Waals surface area (Å²) in [7, 11) is 0. The quantitative estimate of drug-likeness (QED) is 0.583. The molecule has 2 aromatic heterocycles. The number of amides is 1. The molecular formula is C21H20N6O. The molecule has 2 aromatic carbocycles. The van der Waals surface area contributed by atoms with Crippen molar-refractivity contribution in [3.8, 4) is 5.69 Å². The van der Waals surface area contributed by atoms with Crippen molar-refractivity contribution in [3.05, 3.63) is 89.4 Å². The summed E-state index contributed by atoms with van der Waals surface area (Å²) >= 11 is 0. The van der Waals surface area contributed by atoms with Gasteiger partial charge in [-0.3, -0.25) is 4.79 Å². The van der Waals surface area contributed by atoms with Crippen molar-refractivity contribution in [1.82, 2.24) is 24.8 Å². The number of carbonyl (C=O) groups is 1. The average Bonchev–Trinajstić information content (AvgIpc) is 3.30. The van der Waals surface area contributed by atoms with Crippen molar-refractivity contribution in [1.29, 1.82) is 0 Å². The van der Waals surface area contributed by atoms with Gasteiger partial charge in [-0.15, -0.1) is 5.10 Å². The summed E-state index contributed by atoms with van der Waals surface area (Å²) < 4.78 is 3.35. The van der Waals surface area contributed by atoms with E-state index in [1.54, 1.807) is 15.6 Å². The van der Waals surface area contributed by atoms with E-state index < -0.39 is 0 Å². The third-order valence-electron chi connectivity index (χ3n) is 4.34. The highest BCUT2D eigenvalue weighted by Gasteiger charge is 2.15. The number of anilines is 1. The highest BCUT2D eigenvalue weighted by Crippen LogP contribution is 2.15. The van der Waals surface area contributed by atoms with Gasteiger partial charge in [0.05, 0.1) is 24.1 Å². The Morgan fingerprint density at radius 3 is 2.54 bits per heavy atom. The molecule has 0 unspecified atom stereocenters. The number of hydrogen-bond acceptors (Lipinski definition) is 4. The number of rotatable bonds is 5. The second-order valence-corrected chi connectivity index (χ2v) is 6.65. The van der Waals surface area contributed by atoms with Gasteiger partial charge in [0.25, 0.3) is 5.91 Å². The summed E-state index contributed by atoms with van der Waals surface area (Å²) in [5, 5.41) is 15.4. The van der Waals surface area contributed by atoms with Crippen LogP contribution in [0.15, 0.2) is 66.9 Å². The Hall–Kier alpha value is -3.74. The minimum atomic E-state index is -0.326. The number of carbonyl (C=O) groups excluding carboxylic acids is 1. The van der Waals surface area contributed by atoms with E-state index in [0.29, 0.717) is 12.4 Å². The van der Waals surface area contributed by atoms with Gasteiger partial charge in [0.15, 0.2) is 5.69 Å². The smallest absolute Gasteiger partial charge is 0.279 e. The monoisotopic (exact) mass is 372 g/mol. The predicted octanol–water partition coefficient (Wildman–Crippen LogP) is 3.38. The molecule has 7 nitrogen and oxygen atoms in total. The van der Waals surface area contributed by atoms with Gasteiger partial charge < -0.3 is 5.32 Å². The van der Waals surface area contributed by atoms with Gasteiger partial charge in [-0.25, -0.2) is 9.36 Å². The molecule has 2 heterocycles. The minimum absolute atomic E-state index is 0.241. The second kappa shape index (κ2) is 7.48. The van der Waals surface area contributed by atoms with Crippen LogP contribution in [0.25, 0.3) is 5.69 Å². The fraction of sp³-hybridized carbons (Fsp3) is 0.143. The first-order chi connectivity index (χ1) is 13.6. The number of hydrogen-bond donors (Lipinski definition) is 1. The molecule has 7 heteroatoms. The van der Waals surface area contributed by atoms with Crippen LogP contribution < -0.4 is 5.32 Å². The SMILES string of the molecule is Cc1ccc(-n2cc(C(=O)Nc3cc(C)nn3Cc3ccccc3)nn2)cc1. The molecular weight excluding hydrogens is 352 g/mol. The molecule has 0 aliphatic carbocycles. The fourth-order valence-electron chi connectivity index (χ4n) is 2.89. The van der Waals surface area contributed by atoms with Crippen molar-refractivity contribution in [2.75, 3.05) is 5.32 Å². The Morgan fingerprint density at radius 2 is 1.79 bits per heavy atom. The molecule has 0 saturated carbocycles. The van der Waals surface area contributed by atoms with Gasteiger partial charge >= 0.3 is 0 Å². The predicted molar refractivity (Wildman–Crippen MR) is 107 cm³/mol. The first-order valence-corrected chi connectivity index (χ1v) is 8.97. The Labute approximate surface area is 162 Å². The van der Waals surface area contributed by atoms with Crippen LogP contribution in [0.1, 0.15) is 27.3 Å². The van der Waals surface area contributed by atoms with E-state index in [9.17, 15) is 4.79 Å². The van der Waals surface area contributed by atoms with Crippen LogP contribution in [-0.2, 0) is 6.54 Å². The van der Waals surface area contributed by atoms with Crippen molar-refractivity contribution in [3.63, 3.8) is 0 Å². The van der Waals surface area contributed by atoms with Crippen molar-refractivity contribution in [2.45, 2.75) is 20.4 Å². The highest BCUT2D eigenvalue weighted by atomic mass is 16.2. The second-order valence-electron chi connectivity index (χ2n) is 6.65. The lowest BCUT2D eigenvalue weighted by Gasteiger charge is -2.08. The number of aromatic nitrogens is 5. The lowest BCUT2D eigenvalue weighted by Crippen LogP contribution is -2.16. The van der Waals surface area contributed by atoms with Crippen LogP contribution in [0.3, 0.4) is 0 Å². The van der Waals surface area contributed by atoms with E-state index in [-0.39, 0.29) is 11.6 Å². The molecule has 0 radical (unpaired) electrons. The van der Waals surface area contributed by atoms with Gasteiger partial charge in [0, 0.05) is 6.07 Å². The highest BCUT2D eigenvalue weighted by molar-refractivity contribution is 6.02. The molecule has 4 aromatic rings. The van der Waals surface area contributed by atoms with E-state index in [1.165, 1.54) is 0 Å². The lowest BCUT2D eigenvalue weighted by molar-refractivity contribution is 0.102. The van der Waals surface area contributed by atoms with E-state index in [1.807, 2.05) is 74.5 Å². The maximum atomic E-state index is 12.7. The van der Waals surface area contributed by atoms with E-state index in [0.717, 1.165) is 22.5 Å². The molecule has 0 spiro atoms.